The number of rotatable bonds is 1. The molecule has 2 aromatic rings. The summed E-state index contributed by atoms with van der Waals surface area (Å²) in [5.74, 6) is 7.41. The van der Waals surface area contributed by atoms with Crippen molar-refractivity contribution in [3.8, 4) is 11.8 Å². The van der Waals surface area contributed by atoms with Gasteiger partial charge in [0.1, 0.15) is 0 Å². The van der Waals surface area contributed by atoms with Gasteiger partial charge < -0.3 is 0 Å². The van der Waals surface area contributed by atoms with Gasteiger partial charge in [0.05, 0.1) is 5.92 Å². The summed E-state index contributed by atoms with van der Waals surface area (Å²) in [6, 6.07) is 18.0. The van der Waals surface area contributed by atoms with E-state index in [0.717, 1.165) is 12.0 Å². The third-order valence-electron chi connectivity index (χ3n) is 5.20. The van der Waals surface area contributed by atoms with Crippen molar-refractivity contribution >= 4 is 0 Å². The van der Waals surface area contributed by atoms with E-state index in [0.29, 0.717) is 12.0 Å². The molecule has 23 heavy (non-hydrogen) atoms. The molecule has 2 atom stereocenters. The zero-order valence-electron chi connectivity index (χ0n) is 13.8. The summed E-state index contributed by atoms with van der Waals surface area (Å²) < 4.78 is 0. The highest BCUT2D eigenvalue weighted by Crippen LogP contribution is 2.37. The fourth-order valence-corrected chi connectivity index (χ4v) is 4.04. The number of likely N-dealkylation sites (tertiary alicyclic amines) is 1. The van der Waals surface area contributed by atoms with Crippen LogP contribution >= 0.6 is 0 Å². The van der Waals surface area contributed by atoms with Gasteiger partial charge in [0.15, 0.2) is 0 Å². The topological polar surface area (TPSA) is 3.24 Å². The van der Waals surface area contributed by atoms with Gasteiger partial charge in [-0.3, -0.25) is 4.90 Å². The van der Waals surface area contributed by atoms with Crippen LogP contribution in [0.4, 0.5) is 0 Å². The SMILES string of the molecule is Cc1cccc(C#C[C@H]2c3ccccc3C[C@@H]2N2CCCC2)c1. The van der Waals surface area contributed by atoms with Crippen LogP contribution in [0.3, 0.4) is 0 Å². The summed E-state index contributed by atoms with van der Waals surface area (Å²) in [6.07, 6.45) is 3.83. The molecule has 116 valence electrons. The molecule has 1 saturated heterocycles. The first-order valence-corrected chi connectivity index (χ1v) is 8.71. The first kappa shape index (κ1) is 14.5. The fourth-order valence-electron chi connectivity index (χ4n) is 4.04. The number of hydrogen-bond donors (Lipinski definition) is 0. The molecule has 0 saturated carbocycles. The summed E-state index contributed by atoms with van der Waals surface area (Å²) in [5.41, 5.74) is 5.35. The van der Waals surface area contributed by atoms with E-state index < -0.39 is 0 Å². The van der Waals surface area contributed by atoms with Crippen LogP contribution < -0.4 is 0 Å². The van der Waals surface area contributed by atoms with E-state index in [1.807, 2.05) is 0 Å². The molecule has 0 aromatic heterocycles. The van der Waals surface area contributed by atoms with Gasteiger partial charge in [-0.2, -0.15) is 0 Å². The number of benzene rings is 2. The third kappa shape index (κ3) is 2.92. The molecule has 1 heterocycles. The van der Waals surface area contributed by atoms with E-state index in [2.05, 4.69) is 72.2 Å². The minimum atomic E-state index is 0.352. The molecule has 0 amide bonds. The van der Waals surface area contributed by atoms with Crippen molar-refractivity contribution in [2.45, 2.75) is 38.1 Å². The van der Waals surface area contributed by atoms with E-state index in [1.165, 1.54) is 42.6 Å². The Hall–Kier alpha value is -2.04. The molecule has 4 rings (SSSR count). The van der Waals surface area contributed by atoms with Gasteiger partial charge >= 0.3 is 0 Å². The van der Waals surface area contributed by atoms with Gasteiger partial charge in [0, 0.05) is 11.6 Å². The molecule has 0 radical (unpaired) electrons. The summed E-state index contributed by atoms with van der Waals surface area (Å²) in [6.45, 7) is 4.60. The van der Waals surface area contributed by atoms with E-state index in [-0.39, 0.29) is 0 Å². The van der Waals surface area contributed by atoms with Crippen LogP contribution in [-0.2, 0) is 6.42 Å². The Kier molecular flexibility index (Phi) is 3.93. The Bertz CT molecular complexity index is 759. The fraction of sp³-hybridized carbons (Fsp3) is 0.364. The Morgan fingerprint density at radius 1 is 1.00 bits per heavy atom. The lowest BCUT2D eigenvalue weighted by molar-refractivity contribution is 0.239. The molecule has 0 spiro atoms. The minimum absolute atomic E-state index is 0.352. The molecule has 1 nitrogen and oxygen atoms in total. The monoisotopic (exact) mass is 301 g/mol. The molecule has 1 heteroatoms. The smallest absolute Gasteiger partial charge is 0.0617 e. The van der Waals surface area contributed by atoms with Crippen LogP contribution in [-0.4, -0.2) is 24.0 Å². The van der Waals surface area contributed by atoms with Gasteiger partial charge in [0.25, 0.3) is 0 Å². The maximum atomic E-state index is 3.62. The van der Waals surface area contributed by atoms with Crippen LogP contribution in [0.15, 0.2) is 48.5 Å². The van der Waals surface area contributed by atoms with Crippen molar-refractivity contribution in [3.63, 3.8) is 0 Å². The van der Waals surface area contributed by atoms with Gasteiger partial charge in [-0.05, 0) is 68.1 Å². The highest BCUT2D eigenvalue weighted by Gasteiger charge is 2.36. The highest BCUT2D eigenvalue weighted by molar-refractivity contribution is 5.46. The van der Waals surface area contributed by atoms with Gasteiger partial charge in [-0.25, -0.2) is 0 Å². The second-order valence-corrected chi connectivity index (χ2v) is 6.83. The Balaban J connectivity index is 1.68. The van der Waals surface area contributed by atoms with Crippen molar-refractivity contribution < 1.29 is 0 Å². The Labute approximate surface area is 139 Å². The maximum absolute atomic E-state index is 3.62. The second-order valence-electron chi connectivity index (χ2n) is 6.83. The second kappa shape index (κ2) is 6.22. The number of fused-ring (bicyclic) bond motifs is 1. The maximum Gasteiger partial charge on any atom is 0.0617 e. The largest absolute Gasteiger partial charge is 0.298 e. The van der Waals surface area contributed by atoms with E-state index in [9.17, 15) is 0 Å². The lowest BCUT2D eigenvalue weighted by atomic mass is 9.97. The van der Waals surface area contributed by atoms with Crippen molar-refractivity contribution in [1.29, 1.82) is 0 Å². The van der Waals surface area contributed by atoms with Crippen molar-refractivity contribution in [2.24, 2.45) is 0 Å². The summed E-state index contributed by atoms with van der Waals surface area (Å²) in [7, 11) is 0. The summed E-state index contributed by atoms with van der Waals surface area (Å²) >= 11 is 0. The summed E-state index contributed by atoms with van der Waals surface area (Å²) in [5, 5.41) is 0. The number of hydrogen-bond acceptors (Lipinski definition) is 1. The van der Waals surface area contributed by atoms with Crippen LogP contribution in [0.1, 0.15) is 41.0 Å². The molecule has 1 fully saturated rings. The lowest BCUT2D eigenvalue weighted by Gasteiger charge is -2.26. The van der Waals surface area contributed by atoms with Crippen molar-refractivity contribution in [2.75, 3.05) is 13.1 Å². The third-order valence-corrected chi connectivity index (χ3v) is 5.20. The predicted molar refractivity (Wildman–Crippen MR) is 95.5 cm³/mol. The Morgan fingerprint density at radius 3 is 2.65 bits per heavy atom. The summed E-state index contributed by atoms with van der Waals surface area (Å²) in [4.78, 5) is 2.66. The van der Waals surface area contributed by atoms with Gasteiger partial charge in [-0.15, -0.1) is 0 Å². The normalized spacial score (nSPS) is 23.3. The highest BCUT2D eigenvalue weighted by atomic mass is 15.2. The van der Waals surface area contributed by atoms with E-state index >= 15 is 0 Å². The Morgan fingerprint density at radius 2 is 1.83 bits per heavy atom. The van der Waals surface area contributed by atoms with Crippen LogP contribution in [0.25, 0.3) is 0 Å². The average Bonchev–Trinajstić information content (AvgIpc) is 3.20. The van der Waals surface area contributed by atoms with E-state index in [4.69, 9.17) is 0 Å². The molecular weight excluding hydrogens is 278 g/mol. The number of nitrogens with zero attached hydrogens (tertiary/aromatic N) is 1. The molecule has 2 aromatic carbocycles. The molecule has 0 bridgehead atoms. The average molecular weight is 301 g/mol. The van der Waals surface area contributed by atoms with Crippen molar-refractivity contribution in [1.82, 2.24) is 4.90 Å². The van der Waals surface area contributed by atoms with Gasteiger partial charge in [-0.1, -0.05) is 48.2 Å². The minimum Gasteiger partial charge on any atom is -0.298 e. The number of aryl methyl sites for hydroxylation is 1. The van der Waals surface area contributed by atoms with Crippen LogP contribution in [0.5, 0.6) is 0 Å². The standard InChI is InChI=1S/C22H23N/c1-17-7-6-8-18(15-17)11-12-21-20-10-3-2-9-19(20)16-22(21)23-13-4-5-14-23/h2-3,6-10,15,21-22H,4-5,13-14,16H2,1H3/t21-,22-/m0/s1. The quantitative estimate of drug-likeness (QED) is 0.715. The van der Waals surface area contributed by atoms with Crippen LogP contribution in [0, 0.1) is 18.8 Å². The molecular formula is C22H23N. The zero-order chi connectivity index (χ0) is 15.6. The lowest BCUT2D eigenvalue weighted by Crippen LogP contribution is -2.35. The molecule has 1 aliphatic heterocycles. The first-order chi connectivity index (χ1) is 11.3. The van der Waals surface area contributed by atoms with Crippen molar-refractivity contribution in [3.05, 3.63) is 70.8 Å². The molecule has 2 aliphatic rings. The van der Waals surface area contributed by atoms with E-state index in [1.54, 1.807) is 0 Å². The molecule has 1 aliphatic carbocycles. The van der Waals surface area contributed by atoms with Gasteiger partial charge in [0.2, 0.25) is 0 Å². The first-order valence-electron chi connectivity index (χ1n) is 8.71. The predicted octanol–water partition coefficient (Wildman–Crippen LogP) is 4.15. The zero-order valence-corrected chi connectivity index (χ0v) is 13.8. The molecule has 0 N–H and O–H groups in total. The molecule has 0 unspecified atom stereocenters. The van der Waals surface area contributed by atoms with Crippen LogP contribution in [0.2, 0.25) is 0 Å².